The van der Waals surface area contributed by atoms with Gasteiger partial charge in [-0.2, -0.15) is 18.4 Å². The van der Waals surface area contributed by atoms with Gasteiger partial charge in [-0.25, -0.2) is 9.97 Å². The smallest absolute Gasteiger partial charge is 0.368 e. The number of nitrogens with one attached hydrogen (secondary N) is 1. The minimum absolute atomic E-state index is 0.000253. The molecule has 0 amide bonds. The van der Waals surface area contributed by atoms with E-state index in [2.05, 4.69) is 15.3 Å². The van der Waals surface area contributed by atoms with E-state index in [1.807, 2.05) is 13.0 Å². The molecular formula is C15H13F3N4. The Morgan fingerprint density at radius 2 is 1.86 bits per heavy atom. The molecule has 0 aliphatic rings. The van der Waals surface area contributed by atoms with Crippen LogP contribution in [-0.4, -0.2) is 16.5 Å². The van der Waals surface area contributed by atoms with Crippen LogP contribution in [0.3, 0.4) is 0 Å². The van der Waals surface area contributed by atoms with Gasteiger partial charge in [0.05, 0.1) is 18.0 Å². The van der Waals surface area contributed by atoms with Crippen LogP contribution in [0.2, 0.25) is 0 Å². The van der Waals surface area contributed by atoms with Crippen LogP contribution in [0.15, 0.2) is 36.7 Å². The number of rotatable bonds is 4. The second kappa shape index (κ2) is 6.43. The molecule has 0 aliphatic carbocycles. The Bertz CT molecular complexity index is 657. The first kappa shape index (κ1) is 15.8. The third-order valence-electron chi connectivity index (χ3n) is 3.16. The van der Waals surface area contributed by atoms with E-state index >= 15 is 0 Å². The van der Waals surface area contributed by atoms with Crippen molar-refractivity contribution >= 4 is 5.82 Å². The van der Waals surface area contributed by atoms with Crippen molar-refractivity contribution in [1.82, 2.24) is 9.97 Å². The molecule has 7 heteroatoms. The topological polar surface area (TPSA) is 61.6 Å². The molecule has 4 nitrogen and oxygen atoms in total. The zero-order chi connectivity index (χ0) is 16.2. The number of anilines is 1. The number of nitrogens with zero attached hydrogens (tertiary/aromatic N) is 3. The van der Waals surface area contributed by atoms with Gasteiger partial charge in [0.15, 0.2) is 5.69 Å². The van der Waals surface area contributed by atoms with Crippen LogP contribution in [0.25, 0.3) is 0 Å². The van der Waals surface area contributed by atoms with E-state index in [1.165, 1.54) is 24.5 Å². The summed E-state index contributed by atoms with van der Waals surface area (Å²) >= 11 is 0. The molecule has 0 bridgehead atoms. The molecule has 0 aliphatic heterocycles. The third kappa shape index (κ3) is 3.95. The molecule has 22 heavy (non-hydrogen) atoms. The van der Waals surface area contributed by atoms with Gasteiger partial charge in [-0.1, -0.05) is 19.1 Å². The van der Waals surface area contributed by atoms with E-state index < -0.39 is 11.7 Å². The van der Waals surface area contributed by atoms with Crippen molar-refractivity contribution in [2.45, 2.75) is 19.0 Å². The SMILES string of the molecule is CC(CNc1cnc(C#N)cn1)c1ccc(C(F)(F)F)cc1. The predicted molar refractivity (Wildman–Crippen MR) is 75.1 cm³/mol. The summed E-state index contributed by atoms with van der Waals surface area (Å²) in [6.07, 6.45) is -1.53. The van der Waals surface area contributed by atoms with Crippen LogP contribution < -0.4 is 5.32 Å². The van der Waals surface area contributed by atoms with Gasteiger partial charge in [0.2, 0.25) is 0 Å². The fourth-order valence-corrected chi connectivity index (χ4v) is 1.85. The molecule has 114 valence electrons. The Kier molecular flexibility index (Phi) is 4.61. The number of hydrogen-bond acceptors (Lipinski definition) is 4. The Hall–Kier alpha value is -2.62. The van der Waals surface area contributed by atoms with Crippen molar-refractivity contribution in [3.63, 3.8) is 0 Å². The number of hydrogen-bond donors (Lipinski definition) is 1. The highest BCUT2D eigenvalue weighted by atomic mass is 19.4. The molecule has 1 heterocycles. The zero-order valence-electron chi connectivity index (χ0n) is 11.7. The molecular weight excluding hydrogens is 293 g/mol. The van der Waals surface area contributed by atoms with Crippen molar-refractivity contribution in [3.05, 3.63) is 53.5 Å². The van der Waals surface area contributed by atoms with E-state index in [0.717, 1.165) is 17.7 Å². The molecule has 0 saturated heterocycles. The number of benzene rings is 1. The normalized spacial score (nSPS) is 12.5. The molecule has 2 aromatic rings. The molecule has 1 unspecified atom stereocenters. The van der Waals surface area contributed by atoms with Crippen LogP contribution in [0.5, 0.6) is 0 Å². The van der Waals surface area contributed by atoms with Crippen molar-refractivity contribution in [3.8, 4) is 6.07 Å². The lowest BCUT2D eigenvalue weighted by atomic mass is 10.00. The Labute approximate surface area is 125 Å². The van der Waals surface area contributed by atoms with Gasteiger partial charge in [-0.15, -0.1) is 0 Å². The van der Waals surface area contributed by atoms with Gasteiger partial charge < -0.3 is 5.32 Å². The molecule has 2 rings (SSSR count). The second-order valence-corrected chi connectivity index (χ2v) is 4.80. The van der Waals surface area contributed by atoms with Crippen molar-refractivity contribution in [2.75, 3.05) is 11.9 Å². The Morgan fingerprint density at radius 1 is 1.18 bits per heavy atom. The minimum atomic E-state index is -4.32. The highest BCUT2D eigenvalue weighted by Crippen LogP contribution is 2.30. The van der Waals surface area contributed by atoms with Crippen LogP contribution >= 0.6 is 0 Å². The molecule has 0 radical (unpaired) electrons. The maximum absolute atomic E-state index is 12.5. The monoisotopic (exact) mass is 306 g/mol. The first-order valence-electron chi connectivity index (χ1n) is 6.53. The molecule has 1 N–H and O–H groups in total. The predicted octanol–water partition coefficient (Wildman–Crippen LogP) is 3.58. The van der Waals surface area contributed by atoms with E-state index in [4.69, 9.17) is 5.26 Å². The molecule has 0 spiro atoms. The Morgan fingerprint density at radius 3 is 2.36 bits per heavy atom. The summed E-state index contributed by atoms with van der Waals surface area (Å²) in [6.45, 7) is 2.39. The van der Waals surface area contributed by atoms with Gasteiger partial charge in [0.25, 0.3) is 0 Å². The van der Waals surface area contributed by atoms with Crippen LogP contribution in [-0.2, 0) is 6.18 Å². The quantitative estimate of drug-likeness (QED) is 0.938. The highest BCUT2D eigenvalue weighted by Gasteiger charge is 2.30. The van der Waals surface area contributed by atoms with E-state index in [1.54, 1.807) is 0 Å². The van der Waals surface area contributed by atoms with Gasteiger partial charge in [-0.3, -0.25) is 0 Å². The first-order chi connectivity index (χ1) is 10.4. The second-order valence-electron chi connectivity index (χ2n) is 4.80. The maximum Gasteiger partial charge on any atom is 0.416 e. The molecule has 1 aromatic heterocycles. The summed E-state index contributed by atoms with van der Waals surface area (Å²) in [5.41, 5.74) is 0.359. The summed E-state index contributed by atoms with van der Waals surface area (Å²) in [5, 5.41) is 11.7. The van der Waals surface area contributed by atoms with Crippen molar-refractivity contribution in [2.24, 2.45) is 0 Å². The zero-order valence-corrected chi connectivity index (χ0v) is 11.7. The number of aromatic nitrogens is 2. The number of alkyl halides is 3. The van der Waals surface area contributed by atoms with Gasteiger partial charge in [0, 0.05) is 6.54 Å². The lowest BCUT2D eigenvalue weighted by Crippen LogP contribution is -2.12. The summed E-state index contributed by atoms with van der Waals surface area (Å²) < 4.78 is 37.5. The number of nitriles is 1. The standard InChI is InChI=1S/C15H13F3N4/c1-10(7-21-14-9-20-13(6-19)8-22-14)11-2-4-12(5-3-11)15(16,17)18/h2-5,8-10H,7H2,1H3,(H,21,22). The van der Waals surface area contributed by atoms with Crippen LogP contribution in [0, 0.1) is 11.3 Å². The van der Waals surface area contributed by atoms with Crippen LogP contribution in [0.4, 0.5) is 19.0 Å². The fourth-order valence-electron chi connectivity index (χ4n) is 1.85. The highest BCUT2D eigenvalue weighted by molar-refractivity contribution is 5.35. The average Bonchev–Trinajstić information content (AvgIpc) is 2.52. The van der Waals surface area contributed by atoms with Crippen LogP contribution in [0.1, 0.15) is 29.7 Å². The summed E-state index contributed by atoms with van der Waals surface area (Å²) in [5.74, 6) is 0.512. The van der Waals surface area contributed by atoms with Crippen molar-refractivity contribution < 1.29 is 13.2 Å². The molecule has 1 aromatic carbocycles. The van der Waals surface area contributed by atoms with Crippen molar-refractivity contribution in [1.29, 1.82) is 5.26 Å². The van der Waals surface area contributed by atoms with E-state index in [0.29, 0.717) is 12.4 Å². The lowest BCUT2D eigenvalue weighted by Gasteiger charge is -2.14. The summed E-state index contributed by atoms with van der Waals surface area (Å²) in [4.78, 5) is 7.89. The fraction of sp³-hybridized carbons (Fsp3) is 0.267. The molecule has 0 saturated carbocycles. The Balaban J connectivity index is 1.97. The van der Waals surface area contributed by atoms with Gasteiger partial charge in [0.1, 0.15) is 11.9 Å². The third-order valence-corrected chi connectivity index (χ3v) is 3.16. The maximum atomic E-state index is 12.5. The lowest BCUT2D eigenvalue weighted by molar-refractivity contribution is -0.137. The van der Waals surface area contributed by atoms with Gasteiger partial charge in [-0.05, 0) is 23.6 Å². The van der Waals surface area contributed by atoms with E-state index in [-0.39, 0.29) is 11.6 Å². The summed E-state index contributed by atoms with van der Waals surface area (Å²) in [7, 11) is 0. The van der Waals surface area contributed by atoms with E-state index in [9.17, 15) is 13.2 Å². The molecule has 1 atom stereocenters. The number of halogens is 3. The minimum Gasteiger partial charge on any atom is -0.368 e. The molecule has 0 fully saturated rings. The average molecular weight is 306 g/mol. The largest absolute Gasteiger partial charge is 0.416 e. The van der Waals surface area contributed by atoms with Gasteiger partial charge >= 0.3 is 6.18 Å². The summed E-state index contributed by atoms with van der Waals surface area (Å²) in [6, 6.07) is 6.97. The first-order valence-corrected chi connectivity index (χ1v) is 6.53.